The average molecular weight is 226 g/mol. The molecular weight excluding hydrogens is 211 g/mol. The smallest absolute Gasteiger partial charge is 0.236 e. The molecule has 0 bridgehead atoms. The normalized spacial score (nSPS) is 14.2. The summed E-state index contributed by atoms with van der Waals surface area (Å²) in [6, 6.07) is 4.98. The third-order valence-electron chi connectivity index (χ3n) is 2.12. The summed E-state index contributed by atoms with van der Waals surface area (Å²) in [7, 11) is 0. The number of carbonyl (C=O) groups is 1. The minimum atomic E-state index is -0.932. The molecule has 0 aliphatic rings. The molecule has 88 valence electrons. The Hall–Kier alpha value is -1.46. The second-order valence-electron chi connectivity index (χ2n) is 3.60. The van der Waals surface area contributed by atoms with Gasteiger partial charge in [0.2, 0.25) is 5.91 Å². The number of amides is 1. The number of hydrogen-bond donors (Lipinski definition) is 3. The zero-order valence-corrected chi connectivity index (χ0v) is 8.98. The molecule has 0 radical (unpaired) electrons. The maximum Gasteiger partial charge on any atom is 0.236 e. The second-order valence-corrected chi connectivity index (χ2v) is 3.60. The van der Waals surface area contributed by atoms with Crippen molar-refractivity contribution in [1.29, 1.82) is 0 Å². The van der Waals surface area contributed by atoms with Crippen LogP contribution in [0.5, 0.6) is 0 Å². The van der Waals surface area contributed by atoms with E-state index in [1.807, 2.05) is 0 Å². The fraction of sp³-hybridized carbons (Fsp3) is 0.364. The quantitative estimate of drug-likeness (QED) is 0.692. The molecule has 1 aromatic rings. The standard InChI is InChI=1S/C11H15FN2O2/c1-7(13)11(16)14-6-10(15)8-3-2-4-9(12)5-8/h2-5,7,10,15H,6,13H2,1H3,(H,14,16)/t7-,10?/m1/s1. The van der Waals surface area contributed by atoms with Crippen LogP contribution in [-0.4, -0.2) is 23.6 Å². The largest absolute Gasteiger partial charge is 0.387 e. The summed E-state index contributed by atoms with van der Waals surface area (Å²) in [6.45, 7) is 1.56. The van der Waals surface area contributed by atoms with Crippen molar-refractivity contribution in [2.45, 2.75) is 19.1 Å². The highest BCUT2D eigenvalue weighted by Gasteiger charge is 2.12. The highest BCUT2D eigenvalue weighted by Crippen LogP contribution is 2.12. The number of rotatable bonds is 4. The summed E-state index contributed by atoms with van der Waals surface area (Å²) in [4.78, 5) is 11.1. The van der Waals surface area contributed by atoms with Crippen LogP contribution in [0.1, 0.15) is 18.6 Å². The Balaban J connectivity index is 2.53. The Morgan fingerprint density at radius 3 is 2.88 bits per heavy atom. The molecule has 4 N–H and O–H groups in total. The van der Waals surface area contributed by atoms with E-state index in [2.05, 4.69) is 5.32 Å². The summed E-state index contributed by atoms with van der Waals surface area (Å²) in [5, 5.41) is 12.1. The highest BCUT2D eigenvalue weighted by atomic mass is 19.1. The first-order valence-electron chi connectivity index (χ1n) is 4.97. The van der Waals surface area contributed by atoms with Gasteiger partial charge in [-0.1, -0.05) is 12.1 Å². The van der Waals surface area contributed by atoms with Crippen molar-refractivity contribution in [1.82, 2.24) is 5.32 Å². The Kier molecular flexibility index (Phi) is 4.39. The van der Waals surface area contributed by atoms with Crippen LogP contribution in [-0.2, 0) is 4.79 Å². The van der Waals surface area contributed by atoms with Crippen LogP contribution in [0.2, 0.25) is 0 Å². The van der Waals surface area contributed by atoms with E-state index in [0.717, 1.165) is 0 Å². The molecular formula is C11H15FN2O2. The van der Waals surface area contributed by atoms with E-state index in [1.54, 1.807) is 13.0 Å². The van der Waals surface area contributed by atoms with Gasteiger partial charge in [-0.3, -0.25) is 4.79 Å². The molecule has 0 saturated carbocycles. The Labute approximate surface area is 93.3 Å². The van der Waals surface area contributed by atoms with Gasteiger partial charge in [0.05, 0.1) is 12.1 Å². The first kappa shape index (κ1) is 12.6. The minimum absolute atomic E-state index is 0.0177. The Morgan fingerprint density at radius 1 is 1.62 bits per heavy atom. The number of nitrogens with two attached hydrogens (primary N) is 1. The van der Waals surface area contributed by atoms with Gasteiger partial charge in [-0.15, -0.1) is 0 Å². The van der Waals surface area contributed by atoms with Crippen molar-refractivity contribution in [3.05, 3.63) is 35.6 Å². The van der Waals surface area contributed by atoms with Crippen LogP contribution in [0.15, 0.2) is 24.3 Å². The lowest BCUT2D eigenvalue weighted by atomic mass is 10.1. The van der Waals surface area contributed by atoms with Crippen molar-refractivity contribution in [3.63, 3.8) is 0 Å². The predicted octanol–water partition coefficient (Wildman–Crippen LogP) is 0.323. The van der Waals surface area contributed by atoms with Crippen molar-refractivity contribution in [2.75, 3.05) is 6.54 Å². The van der Waals surface area contributed by atoms with E-state index < -0.39 is 18.0 Å². The van der Waals surface area contributed by atoms with Crippen LogP contribution in [0.4, 0.5) is 4.39 Å². The average Bonchev–Trinajstić information content (AvgIpc) is 2.25. The molecule has 5 heteroatoms. The van der Waals surface area contributed by atoms with Gasteiger partial charge < -0.3 is 16.2 Å². The van der Waals surface area contributed by atoms with Crippen LogP contribution in [0, 0.1) is 5.82 Å². The number of nitrogens with one attached hydrogen (secondary N) is 1. The maximum atomic E-state index is 12.8. The molecule has 0 aliphatic carbocycles. The lowest BCUT2D eigenvalue weighted by molar-refractivity contribution is -0.122. The fourth-order valence-corrected chi connectivity index (χ4v) is 1.19. The van der Waals surface area contributed by atoms with Crippen LogP contribution in [0.3, 0.4) is 0 Å². The van der Waals surface area contributed by atoms with Crippen LogP contribution >= 0.6 is 0 Å². The van der Waals surface area contributed by atoms with Crippen LogP contribution < -0.4 is 11.1 Å². The maximum absolute atomic E-state index is 12.8. The minimum Gasteiger partial charge on any atom is -0.387 e. The van der Waals surface area contributed by atoms with E-state index >= 15 is 0 Å². The van der Waals surface area contributed by atoms with Crippen molar-refractivity contribution < 1.29 is 14.3 Å². The molecule has 0 fully saturated rings. The van der Waals surface area contributed by atoms with Crippen molar-refractivity contribution in [3.8, 4) is 0 Å². The van der Waals surface area contributed by atoms with Gasteiger partial charge in [0.1, 0.15) is 5.82 Å². The summed E-state index contributed by atoms with van der Waals surface area (Å²) in [5.41, 5.74) is 5.75. The highest BCUT2D eigenvalue weighted by molar-refractivity contribution is 5.80. The molecule has 2 atom stereocenters. The van der Waals surface area contributed by atoms with E-state index in [9.17, 15) is 14.3 Å². The molecule has 1 unspecified atom stereocenters. The van der Waals surface area contributed by atoms with E-state index in [4.69, 9.17) is 5.73 Å². The topological polar surface area (TPSA) is 75.4 Å². The Morgan fingerprint density at radius 2 is 2.31 bits per heavy atom. The summed E-state index contributed by atoms with van der Waals surface area (Å²) in [6.07, 6.45) is -0.932. The molecule has 0 spiro atoms. The molecule has 1 rings (SSSR count). The van der Waals surface area contributed by atoms with Gasteiger partial charge in [-0.2, -0.15) is 0 Å². The zero-order chi connectivity index (χ0) is 12.1. The van der Waals surface area contributed by atoms with E-state index in [-0.39, 0.29) is 12.5 Å². The molecule has 1 aromatic carbocycles. The molecule has 0 heterocycles. The van der Waals surface area contributed by atoms with Gasteiger partial charge in [0, 0.05) is 6.54 Å². The first-order valence-corrected chi connectivity index (χ1v) is 4.97. The molecule has 1 amide bonds. The third kappa shape index (κ3) is 3.60. The first-order chi connectivity index (χ1) is 7.50. The summed E-state index contributed by atoms with van der Waals surface area (Å²) < 4.78 is 12.8. The lowest BCUT2D eigenvalue weighted by Gasteiger charge is -2.13. The number of aliphatic hydroxyl groups excluding tert-OH is 1. The fourth-order valence-electron chi connectivity index (χ4n) is 1.19. The lowest BCUT2D eigenvalue weighted by Crippen LogP contribution is -2.40. The van der Waals surface area contributed by atoms with Crippen molar-refractivity contribution in [2.24, 2.45) is 5.73 Å². The van der Waals surface area contributed by atoms with E-state index in [1.165, 1.54) is 18.2 Å². The molecule has 16 heavy (non-hydrogen) atoms. The SMILES string of the molecule is C[C@@H](N)C(=O)NCC(O)c1cccc(F)c1. The van der Waals surface area contributed by atoms with E-state index in [0.29, 0.717) is 5.56 Å². The van der Waals surface area contributed by atoms with Gasteiger partial charge in [-0.25, -0.2) is 4.39 Å². The molecule has 0 aromatic heterocycles. The van der Waals surface area contributed by atoms with Crippen molar-refractivity contribution >= 4 is 5.91 Å². The number of benzene rings is 1. The summed E-state index contributed by atoms with van der Waals surface area (Å²) >= 11 is 0. The van der Waals surface area contributed by atoms with Gasteiger partial charge in [0.15, 0.2) is 0 Å². The van der Waals surface area contributed by atoms with Gasteiger partial charge in [-0.05, 0) is 24.6 Å². The zero-order valence-electron chi connectivity index (χ0n) is 8.98. The molecule has 4 nitrogen and oxygen atoms in total. The second kappa shape index (κ2) is 5.58. The third-order valence-corrected chi connectivity index (χ3v) is 2.12. The number of carbonyl (C=O) groups excluding carboxylic acids is 1. The number of halogens is 1. The monoisotopic (exact) mass is 226 g/mol. The van der Waals surface area contributed by atoms with Gasteiger partial charge >= 0.3 is 0 Å². The molecule has 0 aliphatic heterocycles. The number of hydrogen-bond acceptors (Lipinski definition) is 3. The Bertz CT molecular complexity index is 369. The summed E-state index contributed by atoms with van der Waals surface area (Å²) in [5.74, 6) is -0.773. The predicted molar refractivity (Wildman–Crippen MR) is 58.0 cm³/mol. The van der Waals surface area contributed by atoms with Crippen LogP contribution in [0.25, 0.3) is 0 Å². The number of aliphatic hydroxyl groups is 1. The molecule has 0 saturated heterocycles. The van der Waals surface area contributed by atoms with Gasteiger partial charge in [0.25, 0.3) is 0 Å².